The van der Waals surface area contributed by atoms with Gasteiger partial charge in [0.25, 0.3) is 0 Å². The molecule has 3 heterocycles. The summed E-state index contributed by atoms with van der Waals surface area (Å²) in [6.07, 6.45) is 6.30. The van der Waals surface area contributed by atoms with E-state index in [2.05, 4.69) is 19.9 Å². The Bertz CT molecular complexity index is 1030. The molecule has 1 unspecified atom stereocenters. The molecular formula is C25H31FN4O2S. The van der Waals surface area contributed by atoms with E-state index in [9.17, 15) is 5.11 Å². The number of hydrogen-bond acceptors (Lipinski definition) is 7. The Morgan fingerprint density at radius 1 is 1.18 bits per heavy atom. The average molecular weight is 471 g/mol. The van der Waals surface area contributed by atoms with E-state index in [0.29, 0.717) is 23.7 Å². The lowest BCUT2D eigenvalue weighted by Crippen LogP contribution is -2.43. The summed E-state index contributed by atoms with van der Waals surface area (Å²) in [6, 6.07) is 9.16. The first kappa shape index (κ1) is 23.9. The number of aliphatic hydroxyl groups is 1. The molecule has 4 rings (SSSR count). The molecule has 0 saturated carbocycles. The van der Waals surface area contributed by atoms with Crippen molar-refractivity contribution >= 4 is 22.7 Å². The fraction of sp³-hybridized carbons (Fsp3) is 0.480. The molecule has 3 aromatic rings. The third kappa shape index (κ3) is 6.19. The molecule has 176 valence electrons. The normalized spacial score (nSPS) is 20.1. The molecule has 1 aliphatic heterocycles. The molecule has 0 aliphatic carbocycles. The van der Waals surface area contributed by atoms with Crippen LogP contribution in [0.1, 0.15) is 31.0 Å². The molecule has 2 aromatic heterocycles. The number of halogens is 1. The van der Waals surface area contributed by atoms with Gasteiger partial charge in [-0.05, 0) is 73.5 Å². The molecule has 3 atom stereocenters. The second kappa shape index (κ2) is 11.7. The van der Waals surface area contributed by atoms with Crippen molar-refractivity contribution < 1.29 is 14.2 Å². The smallest absolute Gasteiger partial charge is 0.187 e. The van der Waals surface area contributed by atoms with Gasteiger partial charge in [-0.15, -0.1) is 0 Å². The fourth-order valence-electron chi connectivity index (χ4n) is 4.63. The summed E-state index contributed by atoms with van der Waals surface area (Å²) in [5.41, 5.74) is 1.44. The van der Waals surface area contributed by atoms with Crippen molar-refractivity contribution in [3.05, 3.63) is 54.5 Å². The lowest BCUT2D eigenvalue weighted by molar-refractivity contribution is 0.0672. The fourth-order valence-corrected chi connectivity index (χ4v) is 5.44. The van der Waals surface area contributed by atoms with Gasteiger partial charge in [-0.25, -0.2) is 14.4 Å². The zero-order valence-electron chi connectivity index (χ0n) is 18.9. The lowest BCUT2D eigenvalue weighted by Gasteiger charge is -2.38. The van der Waals surface area contributed by atoms with Gasteiger partial charge in [0.1, 0.15) is 11.9 Å². The summed E-state index contributed by atoms with van der Waals surface area (Å²) in [5, 5.41) is 11.6. The summed E-state index contributed by atoms with van der Waals surface area (Å²) in [5.74, 6) is 2.13. The molecule has 1 aromatic carbocycles. The van der Waals surface area contributed by atoms with Crippen LogP contribution in [0, 0.1) is 11.8 Å². The zero-order valence-corrected chi connectivity index (χ0v) is 19.8. The van der Waals surface area contributed by atoms with E-state index in [-0.39, 0.29) is 12.5 Å². The van der Waals surface area contributed by atoms with Crippen molar-refractivity contribution in [2.24, 2.45) is 11.8 Å². The Morgan fingerprint density at radius 2 is 2.03 bits per heavy atom. The summed E-state index contributed by atoms with van der Waals surface area (Å²) < 4.78 is 20.6. The molecule has 0 spiro atoms. The maximum absolute atomic E-state index is 15.3. The Labute approximate surface area is 198 Å². The van der Waals surface area contributed by atoms with Crippen molar-refractivity contribution in [1.29, 1.82) is 0 Å². The predicted octanol–water partition coefficient (Wildman–Crippen LogP) is 4.55. The Kier molecular flexibility index (Phi) is 8.47. The van der Waals surface area contributed by atoms with Crippen LogP contribution in [-0.4, -0.2) is 64.1 Å². The number of alkyl halides is 1. The van der Waals surface area contributed by atoms with E-state index in [0.717, 1.165) is 54.3 Å². The van der Waals surface area contributed by atoms with E-state index < -0.39 is 6.17 Å². The van der Waals surface area contributed by atoms with Crippen molar-refractivity contribution in [3.63, 3.8) is 0 Å². The number of fused-ring (bicyclic) bond motifs is 1. The highest BCUT2D eigenvalue weighted by atomic mass is 32.2. The largest absolute Gasteiger partial charge is 0.497 e. The van der Waals surface area contributed by atoms with Gasteiger partial charge in [0.2, 0.25) is 0 Å². The number of aliphatic hydroxyl groups excluding tert-OH is 1. The molecule has 1 aliphatic rings. The molecular weight excluding hydrogens is 439 g/mol. The predicted molar refractivity (Wildman–Crippen MR) is 129 cm³/mol. The quantitative estimate of drug-likeness (QED) is 0.344. The Balaban J connectivity index is 1.30. The molecule has 8 heteroatoms. The van der Waals surface area contributed by atoms with Crippen LogP contribution in [0.2, 0.25) is 0 Å². The van der Waals surface area contributed by atoms with Crippen LogP contribution < -0.4 is 4.74 Å². The number of rotatable bonds is 10. The molecule has 0 amide bonds. The molecule has 0 radical (unpaired) electrons. The van der Waals surface area contributed by atoms with E-state index in [4.69, 9.17) is 4.74 Å². The van der Waals surface area contributed by atoms with Crippen molar-refractivity contribution in [3.8, 4) is 5.75 Å². The van der Waals surface area contributed by atoms with Gasteiger partial charge in [0.15, 0.2) is 5.16 Å². The van der Waals surface area contributed by atoms with Crippen LogP contribution in [0.3, 0.4) is 0 Å². The summed E-state index contributed by atoms with van der Waals surface area (Å²) in [6.45, 7) is 2.90. The van der Waals surface area contributed by atoms with Crippen LogP contribution in [-0.2, 0) is 0 Å². The van der Waals surface area contributed by atoms with Gasteiger partial charge < -0.3 is 14.7 Å². The number of methoxy groups -OCH3 is 1. The first-order chi connectivity index (χ1) is 16.2. The number of pyridine rings is 1. The summed E-state index contributed by atoms with van der Waals surface area (Å²) >= 11 is 1.65. The van der Waals surface area contributed by atoms with Crippen LogP contribution in [0.4, 0.5) is 4.39 Å². The Hall–Kier alpha value is -2.29. The highest BCUT2D eigenvalue weighted by Crippen LogP contribution is 2.35. The maximum Gasteiger partial charge on any atom is 0.187 e. The Morgan fingerprint density at radius 3 is 2.82 bits per heavy atom. The number of thioether (sulfide) groups is 1. The summed E-state index contributed by atoms with van der Waals surface area (Å²) in [7, 11) is 1.61. The van der Waals surface area contributed by atoms with Crippen LogP contribution in [0.15, 0.2) is 54.1 Å². The van der Waals surface area contributed by atoms with E-state index in [1.54, 1.807) is 43.5 Å². The van der Waals surface area contributed by atoms with Crippen molar-refractivity contribution in [2.75, 3.05) is 39.1 Å². The zero-order chi connectivity index (χ0) is 23.0. The van der Waals surface area contributed by atoms with Gasteiger partial charge in [0.05, 0.1) is 12.6 Å². The monoisotopic (exact) mass is 470 g/mol. The summed E-state index contributed by atoms with van der Waals surface area (Å²) in [4.78, 5) is 15.2. The van der Waals surface area contributed by atoms with E-state index >= 15 is 4.39 Å². The van der Waals surface area contributed by atoms with Gasteiger partial charge in [0, 0.05) is 49.4 Å². The first-order valence-electron chi connectivity index (χ1n) is 11.5. The number of ether oxygens (including phenoxy) is 1. The van der Waals surface area contributed by atoms with Crippen LogP contribution >= 0.6 is 11.8 Å². The van der Waals surface area contributed by atoms with Crippen LogP contribution in [0.5, 0.6) is 5.75 Å². The van der Waals surface area contributed by atoms with E-state index in [1.165, 1.54) is 0 Å². The SMILES string of the molecule is COc1ccc2nccc(C(F)CC[C@@H]3CCN(CCSc4ncccn4)C[C@@H]3CO)c2c1. The van der Waals surface area contributed by atoms with Crippen molar-refractivity contribution in [2.45, 2.75) is 30.6 Å². The first-order valence-corrected chi connectivity index (χ1v) is 12.5. The second-order valence-electron chi connectivity index (χ2n) is 8.50. The molecule has 33 heavy (non-hydrogen) atoms. The molecule has 1 N–H and O–H groups in total. The average Bonchev–Trinajstić information content (AvgIpc) is 2.87. The topological polar surface area (TPSA) is 71.4 Å². The van der Waals surface area contributed by atoms with Gasteiger partial charge >= 0.3 is 0 Å². The van der Waals surface area contributed by atoms with Crippen molar-refractivity contribution in [1.82, 2.24) is 19.9 Å². The minimum Gasteiger partial charge on any atom is -0.497 e. The third-order valence-electron chi connectivity index (χ3n) is 6.50. The number of nitrogens with zero attached hydrogens (tertiary/aromatic N) is 4. The van der Waals surface area contributed by atoms with Gasteiger partial charge in [-0.1, -0.05) is 11.8 Å². The molecule has 6 nitrogen and oxygen atoms in total. The highest BCUT2D eigenvalue weighted by molar-refractivity contribution is 7.99. The lowest BCUT2D eigenvalue weighted by atomic mass is 9.81. The highest BCUT2D eigenvalue weighted by Gasteiger charge is 2.29. The minimum absolute atomic E-state index is 0.141. The molecule has 1 fully saturated rings. The number of benzene rings is 1. The number of aromatic nitrogens is 3. The molecule has 0 bridgehead atoms. The van der Waals surface area contributed by atoms with E-state index in [1.807, 2.05) is 24.3 Å². The maximum atomic E-state index is 15.3. The van der Waals surface area contributed by atoms with Gasteiger partial charge in [-0.2, -0.15) is 0 Å². The van der Waals surface area contributed by atoms with Crippen LogP contribution in [0.25, 0.3) is 10.9 Å². The third-order valence-corrected chi connectivity index (χ3v) is 7.36. The number of piperidine rings is 1. The second-order valence-corrected chi connectivity index (χ2v) is 9.56. The van der Waals surface area contributed by atoms with Gasteiger partial charge in [-0.3, -0.25) is 4.98 Å². The number of hydrogen-bond donors (Lipinski definition) is 1. The number of likely N-dealkylation sites (tertiary alicyclic amines) is 1. The molecule has 1 saturated heterocycles. The standard InChI is InChI=1S/C25H31FN4O2S/c1-32-20-4-6-24-22(15-20)21(7-11-27-24)23(26)5-3-18-8-12-30(16-19(18)17-31)13-14-33-25-28-9-2-10-29-25/h2,4,6-7,9-11,15,18-19,23,31H,3,5,8,12-14,16-17H2,1H3/t18-,19-,23?/m1/s1. The minimum atomic E-state index is -1.07.